The van der Waals surface area contributed by atoms with Crippen molar-refractivity contribution in [3.8, 4) is 10.7 Å². The highest BCUT2D eigenvalue weighted by Gasteiger charge is 2.11. The number of thiophene rings is 1. The van der Waals surface area contributed by atoms with Gasteiger partial charge in [0.1, 0.15) is 5.52 Å². The van der Waals surface area contributed by atoms with Crippen molar-refractivity contribution in [2.45, 2.75) is 0 Å². The number of aromatic nitrogens is 4. The standard InChI is InChI=1S/C10H4Cl2N4S/c11-8-5-4-13-10(6-2-1-3-17-6)14-7(5)9(12)16-15-8/h1-4H. The molecule has 0 spiro atoms. The Kier molecular flexibility index (Phi) is 2.66. The van der Waals surface area contributed by atoms with E-state index in [1.54, 1.807) is 17.5 Å². The number of halogens is 2. The summed E-state index contributed by atoms with van der Waals surface area (Å²) in [5.74, 6) is 0.610. The van der Waals surface area contributed by atoms with E-state index in [2.05, 4.69) is 20.2 Å². The van der Waals surface area contributed by atoms with Gasteiger partial charge >= 0.3 is 0 Å². The highest BCUT2D eigenvalue weighted by molar-refractivity contribution is 7.13. The molecule has 3 aromatic heterocycles. The lowest BCUT2D eigenvalue weighted by atomic mass is 10.3. The van der Waals surface area contributed by atoms with Crippen LogP contribution in [0, 0.1) is 0 Å². The number of hydrogen-bond acceptors (Lipinski definition) is 5. The molecule has 0 radical (unpaired) electrons. The Hall–Kier alpha value is -1.30. The highest BCUT2D eigenvalue weighted by atomic mass is 35.5. The quantitative estimate of drug-likeness (QED) is 0.686. The molecule has 0 bridgehead atoms. The first-order chi connectivity index (χ1) is 8.25. The second-order valence-electron chi connectivity index (χ2n) is 3.21. The van der Waals surface area contributed by atoms with E-state index in [0.717, 1.165) is 4.88 Å². The summed E-state index contributed by atoms with van der Waals surface area (Å²) in [6, 6.07) is 3.88. The van der Waals surface area contributed by atoms with Crippen molar-refractivity contribution >= 4 is 45.4 Å². The molecule has 0 aliphatic heterocycles. The van der Waals surface area contributed by atoms with Crippen LogP contribution in [0.25, 0.3) is 21.6 Å². The normalized spacial score (nSPS) is 10.9. The molecule has 0 N–H and O–H groups in total. The topological polar surface area (TPSA) is 51.6 Å². The Morgan fingerprint density at radius 3 is 2.71 bits per heavy atom. The minimum absolute atomic E-state index is 0.226. The maximum Gasteiger partial charge on any atom is 0.178 e. The van der Waals surface area contributed by atoms with Gasteiger partial charge in [-0.15, -0.1) is 21.5 Å². The lowest BCUT2D eigenvalue weighted by Gasteiger charge is -2.01. The number of nitrogens with zero attached hydrogens (tertiary/aromatic N) is 4. The SMILES string of the molecule is Clc1nnc(Cl)c2nc(-c3cccs3)ncc12. The first-order valence-electron chi connectivity index (χ1n) is 4.64. The number of rotatable bonds is 1. The summed E-state index contributed by atoms with van der Waals surface area (Å²) in [4.78, 5) is 9.57. The zero-order chi connectivity index (χ0) is 11.8. The molecule has 0 unspecified atom stereocenters. The van der Waals surface area contributed by atoms with E-state index in [0.29, 0.717) is 16.7 Å². The average molecular weight is 283 g/mol. The Morgan fingerprint density at radius 2 is 1.94 bits per heavy atom. The van der Waals surface area contributed by atoms with Gasteiger partial charge < -0.3 is 0 Å². The second kappa shape index (κ2) is 4.18. The maximum absolute atomic E-state index is 5.94. The van der Waals surface area contributed by atoms with Crippen LogP contribution < -0.4 is 0 Å². The molecule has 17 heavy (non-hydrogen) atoms. The van der Waals surface area contributed by atoms with Gasteiger partial charge in [0.05, 0.1) is 10.3 Å². The average Bonchev–Trinajstić information content (AvgIpc) is 2.87. The molecule has 0 fully saturated rings. The maximum atomic E-state index is 5.94. The van der Waals surface area contributed by atoms with Gasteiger partial charge in [0.15, 0.2) is 16.1 Å². The molecular weight excluding hydrogens is 279 g/mol. The monoisotopic (exact) mass is 282 g/mol. The third-order valence-corrected chi connectivity index (χ3v) is 3.57. The van der Waals surface area contributed by atoms with Gasteiger partial charge in [-0.25, -0.2) is 9.97 Å². The summed E-state index contributed by atoms with van der Waals surface area (Å²) < 4.78 is 0. The van der Waals surface area contributed by atoms with Crippen molar-refractivity contribution in [1.82, 2.24) is 20.2 Å². The van der Waals surface area contributed by atoms with E-state index in [1.165, 1.54) is 0 Å². The van der Waals surface area contributed by atoms with Crippen molar-refractivity contribution < 1.29 is 0 Å². The first kappa shape index (κ1) is 10.8. The molecule has 3 rings (SSSR count). The second-order valence-corrected chi connectivity index (χ2v) is 4.88. The van der Waals surface area contributed by atoms with Crippen molar-refractivity contribution in [2.24, 2.45) is 0 Å². The van der Waals surface area contributed by atoms with Crippen LogP contribution >= 0.6 is 34.5 Å². The Morgan fingerprint density at radius 1 is 1.12 bits per heavy atom. The van der Waals surface area contributed by atoms with E-state index in [-0.39, 0.29) is 10.3 Å². The van der Waals surface area contributed by atoms with Crippen LogP contribution in [-0.4, -0.2) is 20.2 Å². The zero-order valence-electron chi connectivity index (χ0n) is 8.26. The summed E-state index contributed by atoms with van der Waals surface area (Å²) in [5.41, 5.74) is 0.519. The first-order valence-corrected chi connectivity index (χ1v) is 6.27. The molecule has 3 heterocycles. The molecule has 4 nitrogen and oxygen atoms in total. The summed E-state index contributed by atoms with van der Waals surface area (Å²) in [6.45, 7) is 0. The van der Waals surface area contributed by atoms with Crippen LogP contribution in [-0.2, 0) is 0 Å². The summed E-state index contributed by atoms with van der Waals surface area (Å²) in [7, 11) is 0. The Balaban J connectivity index is 2.29. The van der Waals surface area contributed by atoms with E-state index >= 15 is 0 Å². The molecule has 0 aliphatic rings. The van der Waals surface area contributed by atoms with E-state index < -0.39 is 0 Å². The smallest absolute Gasteiger partial charge is 0.178 e. The van der Waals surface area contributed by atoms with Gasteiger partial charge in [-0.1, -0.05) is 29.3 Å². The van der Waals surface area contributed by atoms with Gasteiger partial charge in [-0.3, -0.25) is 0 Å². The van der Waals surface area contributed by atoms with Crippen LogP contribution in [0.4, 0.5) is 0 Å². The minimum atomic E-state index is 0.226. The molecule has 7 heteroatoms. The molecule has 0 saturated heterocycles. The van der Waals surface area contributed by atoms with E-state index in [9.17, 15) is 0 Å². The fraction of sp³-hybridized carbons (Fsp3) is 0. The van der Waals surface area contributed by atoms with Gasteiger partial charge in [-0.05, 0) is 11.4 Å². The molecule has 0 saturated carbocycles. The predicted molar refractivity (Wildman–Crippen MR) is 68.5 cm³/mol. The van der Waals surface area contributed by atoms with Crippen LogP contribution in [0.2, 0.25) is 10.3 Å². The van der Waals surface area contributed by atoms with Crippen LogP contribution in [0.5, 0.6) is 0 Å². The van der Waals surface area contributed by atoms with Gasteiger partial charge in [0.25, 0.3) is 0 Å². The van der Waals surface area contributed by atoms with E-state index in [4.69, 9.17) is 23.2 Å². The molecular formula is C10H4Cl2N4S. The van der Waals surface area contributed by atoms with Crippen LogP contribution in [0.1, 0.15) is 0 Å². The third-order valence-electron chi connectivity index (χ3n) is 2.17. The largest absolute Gasteiger partial charge is 0.235 e. The fourth-order valence-corrected chi connectivity index (χ4v) is 2.43. The van der Waals surface area contributed by atoms with Crippen molar-refractivity contribution in [3.05, 3.63) is 34.0 Å². The molecule has 0 aliphatic carbocycles. The minimum Gasteiger partial charge on any atom is -0.235 e. The van der Waals surface area contributed by atoms with Crippen LogP contribution in [0.3, 0.4) is 0 Å². The predicted octanol–water partition coefficient (Wildman–Crippen LogP) is 3.46. The fourth-order valence-electron chi connectivity index (χ4n) is 1.40. The summed E-state index contributed by atoms with van der Waals surface area (Å²) in [6.07, 6.45) is 1.61. The van der Waals surface area contributed by atoms with Gasteiger partial charge in [0.2, 0.25) is 0 Å². The Labute approximate surface area is 110 Å². The third kappa shape index (κ3) is 1.86. The van der Waals surface area contributed by atoms with E-state index in [1.807, 2.05) is 17.5 Å². The zero-order valence-corrected chi connectivity index (χ0v) is 10.6. The van der Waals surface area contributed by atoms with Crippen molar-refractivity contribution in [1.29, 1.82) is 0 Å². The number of fused-ring (bicyclic) bond motifs is 1. The summed E-state index contributed by atoms with van der Waals surface area (Å²) >= 11 is 13.4. The molecule has 0 aromatic carbocycles. The molecule has 84 valence electrons. The lowest BCUT2D eigenvalue weighted by molar-refractivity contribution is 1.04. The summed E-state index contributed by atoms with van der Waals surface area (Å²) in [5, 5.41) is 10.5. The number of hydrogen-bond donors (Lipinski definition) is 0. The van der Waals surface area contributed by atoms with Gasteiger partial charge in [0, 0.05) is 6.20 Å². The lowest BCUT2D eigenvalue weighted by Crippen LogP contribution is -1.93. The van der Waals surface area contributed by atoms with Crippen LogP contribution in [0.15, 0.2) is 23.7 Å². The molecule has 3 aromatic rings. The molecule has 0 amide bonds. The molecule has 0 atom stereocenters. The Bertz CT molecular complexity index is 684. The highest BCUT2D eigenvalue weighted by Crippen LogP contribution is 2.27. The van der Waals surface area contributed by atoms with Crippen molar-refractivity contribution in [3.63, 3.8) is 0 Å². The van der Waals surface area contributed by atoms with Crippen molar-refractivity contribution in [2.75, 3.05) is 0 Å². The van der Waals surface area contributed by atoms with Gasteiger partial charge in [-0.2, -0.15) is 0 Å².